The fraction of sp³-hybridized carbons (Fsp3) is 0.600. The number of likely N-dealkylation sites (tertiary alicyclic amines) is 1. The van der Waals surface area contributed by atoms with Crippen molar-refractivity contribution in [2.75, 3.05) is 13.1 Å². The highest BCUT2D eigenvalue weighted by Gasteiger charge is 2.38. The molecule has 1 aromatic rings. The van der Waals surface area contributed by atoms with E-state index in [1.807, 2.05) is 12.1 Å². The van der Waals surface area contributed by atoms with Gasteiger partial charge in [0, 0.05) is 25.7 Å². The first-order valence-electron chi connectivity index (χ1n) is 6.98. The second-order valence-corrected chi connectivity index (χ2v) is 5.88. The summed E-state index contributed by atoms with van der Waals surface area (Å²) < 4.78 is 0. The third-order valence-electron chi connectivity index (χ3n) is 4.55. The topological polar surface area (TPSA) is 49.5 Å². The molecule has 0 spiro atoms. The molecule has 1 aromatic carbocycles. The van der Waals surface area contributed by atoms with Gasteiger partial charge in [-0.25, -0.2) is 0 Å². The number of hydrogen-bond donors (Lipinski definition) is 2. The molecule has 4 heteroatoms. The molecule has 1 aliphatic heterocycles. The maximum atomic E-state index is 9.50. The van der Waals surface area contributed by atoms with E-state index in [0.29, 0.717) is 17.7 Å². The van der Waals surface area contributed by atoms with Crippen LogP contribution in [0.15, 0.2) is 24.3 Å². The van der Waals surface area contributed by atoms with Gasteiger partial charge in [0.1, 0.15) is 5.75 Å². The van der Waals surface area contributed by atoms with E-state index >= 15 is 0 Å². The van der Waals surface area contributed by atoms with E-state index in [-0.39, 0.29) is 12.4 Å². The van der Waals surface area contributed by atoms with E-state index in [9.17, 15) is 5.11 Å². The lowest BCUT2D eigenvalue weighted by Crippen LogP contribution is -2.38. The predicted octanol–water partition coefficient (Wildman–Crippen LogP) is 2.37. The highest BCUT2D eigenvalue weighted by atomic mass is 35.5. The fourth-order valence-corrected chi connectivity index (χ4v) is 3.65. The summed E-state index contributed by atoms with van der Waals surface area (Å²) in [7, 11) is 0. The second-order valence-electron chi connectivity index (χ2n) is 5.88. The van der Waals surface area contributed by atoms with E-state index < -0.39 is 0 Å². The Morgan fingerprint density at radius 1 is 1.26 bits per heavy atom. The first kappa shape index (κ1) is 14.6. The molecule has 2 fully saturated rings. The molecule has 1 heterocycles. The molecule has 3 atom stereocenters. The highest BCUT2D eigenvalue weighted by Crippen LogP contribution is 2.36. The summed E-state index contributed by atoms with van der Waals surface area (Å²) in [6.45, 7) is 3.24. The van der Waals surface area contributed by atoms with Gasteiger partial charge in [0.25, 0.3) is 0 Å². The minimum atomic E-state index is 0. The van der Waals surface area contributed by atoms with Gasteiger partial charge in [-0.3, -0.25) is 4.90 Å². The standard InChI is InChI=1S/C15H22N2O.ClH/c16-15-6-2-4-12-9-17(10-14(12)15)8-11-3-1-5-13(18)7-11;/h1,3,5,7,12,14-15,18H,2,4,6,8-10,16H2;1H. The molecule has 3 N–H and O–H groups in total. The van der Waals surface area contributed by atoms with E-state index in [0.717, 1.165) is 19.0 Å². The SMILES string of the molecule is Cl.NC1CCCC2CN(Cc3cccc(O)c3)CC12. The summed E-state index contributed by atoms with van der Waals surface area (Å²) in [5.41, 5.74) is 7.43. The molecule has 19 heavy (non-hydrogen) atoms. The molecule has 1 saturated heterocycles. The third kappa shape index (κ3) is 3.22. The minimum absolute atomic E-state index is 0. The summed E-state index contributed by atoms with van der Waals surface area (Å²) in [4.78, 5) is 2.50. The van der Waals surface area contributed by atoms with Crippen molar-refractivity contribution in [1.29, 1.82) is 0 Å². The Morgan fingerprint density at radius 2 is 2.11 bits per heavy atom. The van der Waals surface area contributed by atoms with Gasteiger partial charge in [-0.15, -0.1) is 12.4 Å². The molecule has 2 aliphatic rings. The summed E-state index contributed by atoms with van der Waals surface area (Å²) in [5, 5.41) is 9.50. The highest BCUT2D eigenvalue weighted by molar-refractivity contribution is 5.85. The van der Waals surface area contributed by atoms with Crippen molar-refractivity contribution >= 4 is 12.4 Å². The van der Waals surface area contributed by atoms with Crippen molar-refractivity contribution in [3.05, 3.63) is 29.8 Å². The number of aromatic hydroxyl groups is 1. The third-order valence-corrected chi connectivity index (χ3v) is 4.55. The average Bonchev–Trinajstić information content (AvgIpc) is 2.73. The first-order valence-corrected chi connectivity index (χ1v) is 6.98. The van der Waals surface area contributed by atoms with Gasteiger partial charge in [-0.1, -0.05) is 18.6 Å². The van der Waals surface area contributed by atoms with Gasteiger partial charge < -0.3 is 10.8 Å². The van der Waals surface area contributed by atoms with Crippen LogP contribution in [0, 0.1) is 11.8 Å². The van der Waals surface area contributed by atoms with Crippen molar-refractivity contribution in [2.45, 2.75) is 31.8 Å². The number of rotatable bonds is 2. The summed E-state index contributed by atoms with van der Waals surface area (Å²) in [6, 6.07) is 7.99. The zero-order valence-corrected chi connectivity index (χ0v) is 12.0. The lowest BCUT2D eigenvalue weighted by Gasteiger charge is -2.29. The first-order chi connectivity index (χ1) is 8.72. The average molecular weight is 283 g/mol. The molecule has 1 saturated carbocycles. The van der Waals surface area contributed by atoms with Gasteiger partial charge in [-0.2, -0.15) is 0 Å². The Hall–Kier alpha value is -0.770. The number of hydrogen-bond acceptors (Lipinski definition) is 3. The quantitative estimate of drug-likeness (QED) is 0.876. The number of halogens is 1. The number of phenolic OH excluding ortho intramolecular Hbond substituents is 1. The lowest BCUT2D eigenvalue weighted by molar-refractivity contribution is 0.259. The Morgan fingerprint density at radius 3 is 2.84 bits per heavy atom. The molecule has 0 amide bonds. The van der Waals surface area contributed by atoms with Gasteiger partial charge in [0.05, 0.1) is 0 Å². The Balaban J connectivity index is 0.00000133. The Bertz CT molecular complexity index is 426. The fourth-order valence-electron chi connectivity index (χ4n) is 3.65. The van der Waals surface area contributed by atoms with E-state index in [2.05, 4.69) is 11.0 Å². The van der Waals surface area contributed by atoms with Crippen molar-refractivity contribution in [1.82, 2.24) is 4.90 Å². The van der Waals surface area contributed by atoms with Crippen LogP contribution < -0.4 is 5.73 Å². The largest absolute Gasteiger partial charge is 0.508 e. The van der Waals surface area contributed by atoms with Gasteiger partial charge in [0.2, 0.25) is 0 Å². The zero-order valence-electron chi connectivity index (χ0n) is 11.2. The zero-order chi connectivity index (χ0) is 12.5. The van der Waals surface area contributed by atoms with Crippen LogP contribution in [-0.2, 0) is 6.54 Å². The van der Waals surface area contributed by atoms with E-state index in [1.54, 1.807) is 6.07 Å². The molecule has 106 valence electrons. The van der Waals surface area contributed by atoms with Crippen LogP contribution in [0.4, 0.5) is 0 Å². The summed E-state index contributed by atoms with van der Waals surface area (Å²) in [5.74, 6) is 1.85. The van der Waals surface area contributed by atoms with Gasteiger partial charge in [-0.05, 0) is 42.4 Å². The van der Waals surface area contributed by atoms with Crippen molar-refractivity contribution in [3.63, 3.8) is 0 Å². The van der Waals surface area contributed by atoms with Crippen LogP contribution in [-0.4, -0.2) is 29.1 Å². The normalized spacial score (nSPS) is 30.7. The van der Waals surface area contributed by atoms with Crippen molar-refractivity contribution in [2.24, 2.45) is 17.6 Å². The number of nitrogens with zero attached hydrogens (tertiary/aromatic N) is 1. The molecule has 3 rings (SSSR count). The molecular weight excluding hydrogens is 260 g/mol. The molecule has 1 aliphatic carbocycles. The monoisotopic (exact) mass is 282 g/mol. The minimum Gasteiger partial charge on any atom is -0.508 e. The molecule has 0 aromatic heterocycles. The van der Waals surface area contributed by atoms with Crippen LogP contribution in [0.3, 0.4) is 0 Å². The molecule has 0 radical (unpaired) electrons. The van der Waals surface area contributed by atoms with Gasteiger partial charge in [0.15, 0.2) is 0 Å². The van der Waals surface area contributed by atoms with Crippen LogP contribution in [0.1, 0.15) is 24.8 Å². The Kier molecular flexibility index (Phi) is 4.71. The lowest BCUT2D eigenvalue weighted by atomic mass is 9.78. The summed E-state index contributed by atoms with van der Waals surface area (Å²) in [6.07, 6.45) is 3.83. The van der Waals surface area contributed by atoms with Gasteiger partial charge >= 0.3 is 0 Å². The Labute approximate surface area is 121 Å². The smallest absolute Gasteiger partial charge is 0.115 e. The predicted molar refractivity (Wildman–Crippen MR) is 79.4 cm³/mol. The van der Waals surface area contributed by atoms with Crippen LogP contribution in [0.2, 0.25) is 0 Å². The number of fused-ring (bicyclic) bond motifs is 1. The van der Waals surface area contributed by atoms with E-state index in [1.165, 1.54) is 31.4 Å². The molecule has 3 unspecified atom stereocenters. The number of benzene rings is 1. The summed E-state index contributed by atoms with van der Waals surface area (Å²) >= 11 is 0. The maximum absolute atomic E-state index is 9.50. The number of phenols is 1. The number of nitrogens with two attached hydrogens (primary N) is 1. The molecule has 3 nitrogen and oxygen atoms in total. The van der Waals surface area contributed by atoms with Crippen LogP contribution in [0.25, 0.3) is 0 Å². The van der Waals surface area contributed by atoms with Crippen molar-refractivity contribution < 1.29 is 5.11 Å². The van der Waals surface area contributed by atoms with Crippen LogP contribution in [0.5, 0.6) is 5.75 Å². The van der Waals surface area contributed by atoms with Crippen LogP contribution >= 0.6 is 12.4 Å². The molecular formula is C15H23ClN2O. The second kappa shape index (κ2) is 6.12. The maximum Gasteiger partial charge on any atom is 0.115 e. The van der Waals surface area contributed by atoms with Crippen molar-refractivity contribution in [3.8, 4) is 5.75 Å². The molecule has 0 bridgehead atoms. The van der Waals surface area contributed by atoms with E-state index in [4.69, 9.17) is 5.73 Å².